The van der Waals surface area contributed by atoms with E-state index in [1.807, 2.05) is 0 Å². The summed E-state index contributed by atoms with van der Waals surface area (Å²) in [6.07, 6.45) is 5.12. The predicted octanol–water partition coefficient (Wildman–Crippen LogP) is 1.13. The lowest BCUT2D eigenvalue weighted by Crippen LogP contribution is -2.43. The number of pyridine rings is 1. The Morgan fingerprint density at radius 2 is 2.00 bits per heavy atom. The summed E-state index contributed by atoms with van der Waals surface area (Å²) in [6, 6.07) is 4.90. The fourth-order valence-electron chi connectivity index (χ4n) is 2.21. The molecule has 0 bridgehead atoms. The molecule has 4 nitrogen and oxygen atoms in total. The van der Waals surface area contributed by atoms with Crippen LogP contribution in [0.1, 0.15) is 25.7 Å². The number of rotatable bonds is 3. The van der Waals surface area contributed by atoms with E-state index in [0.29, 0.717) is 0 Å². The highest BCUT2D eigenvalue weighted by atomic mass is 32.2. The van der Waals surface area contributed by atoms with Crippen molar-refractivity contribution in [1.29, 1.82) is 0 Å². The second kappa shape index (κ2) is 4.14. The van der Waals surface area contributed by atoms with Crippen LogP contribution in [0, 0.1) is 0 Å². The van der Waals surface area contributed by atoms with Crippen molar-refractivity contribution in [3.05, 3.63) is 24.4 Å². The van der Waals surface area contributed by atoms with Crippen molar-refractivity contribution in [2.45, 2.75) is 36.2 Å². The molecule has 2 N–H and O–H groups in total. The molecule has 16 heavy (non-hydrogen) atoms. The maximum Gasteiger partial charge on any atom is 0.197 e. The van der Waals surface area contributed by atoms with Gasteiger partial charge in [0.2, 0.25) is 0 Å². The predicted molar refractivity (Wildman–Crippen MR) is 61.7 cm³/mol. The molecule has 0 unspecified atom stereocenters. The van der Waals surface area contributed by atoms with E-state index in [1.165, 1.54) is 12.3 Å². The average molecular weight is 240 g/mol. The molecule has 0 saturated heterocycles. The third-order valence-corrected chi connectivity index (χ3v) is 4.87. The maximum atomic E-state index is 12.1. The van der Waals surface area contributed by atoms with Gasteiger partial charge in [-0.3, -0.25) is 0 Å². The largest absolute Gasteiger partial charge is 0.324 e. The summed E-state index contributed by atoms with van der Waals surface area (Å²) in [5.41, 5.74) is 5.53. The van der Waals surface area contributed by atoms with E-state index >= 15 is 0 Å². The van der Waals surface area contributed by atoms with Crippen molar-refractivity contribution < 1.29 is 8.42 Å². The molecule has 0 radical (unpaired) electrons. The summed E-state index contributed by atoms with van der Waals surface area (Å²) < 4.78 is 24.1. The summed E-state index contributed by atoms with van der Waals surface area (Å²) >= 11 is 0. The molecule has 0 spiro atoms. The van der Waals surface area contributed by atoms with Gasteiger partial charge in [-0.15, -0.1) is 0 Å². The molecule has 1 aromatic rings. The fraction of sp³-hybridized carbons (Fsp3) is 0.545. The highest BCUT2D eigenvalue weighted by molar-refractivity contribution is 7.91. The Morgan fingerprint density at radius 1 is 1.31 bits per heavy atom. The van der Waals surface area contributed by atoms with Gasteiger partial charge in [0, 0.05) is 11.7 Å². The van der Waals surface area contributed by atoms with Crippen LogP contribution in [0.3, 0.4) is 0 Å². The van der Waals surface area contributed by atoms with E-state index < -0.39 is 15.4 Å². The van der Waals surface area contributed by atoms with E-state index in [-0.39, 0.29) is 10.8 Å². The molecule has 1 fully saturated rings. The molecule has 5 heteroatoms. The SMILES string of the molecule is NC1(CS(=O)(=O)c2ccccn2)CCCC1. The normalized spacial score (nSPS) is 19.8. The molecule has 1 heterocycles. The second-order valence-corrected chi connectivity index (χ2v) is 6.43. The minimum Gasteiger partial charge on any atom is -0.324 e. The van der Waals surface area contributed by atoms with E-state index in [9.17, 15) is 8.42 Å². The first-order chi connectivity index (χ1) is 7.52. The van der Waals surface area contributed by atoms with Crippen LogP contribution >= 0.6 is 0 Å². The van der Waals surface area contributed by atoms with Gasteiger partial charge in [0.05, 0.1) is 5.75 Å². The molecule has 1 saturated carbocycles. The van der Waals surface area contributed by atoms with Crippen molar-refractivity contribution >= 4 is 9.84 Å². The van der Waals surface area contributed by atoms with Gasteiger partial charge < -0.3 is 5.73 Å². The zero-order valence-corrected chi connectivity index (χ0v) is 9.91. The lowest BCUT2D eigenvalue weighted by molar-refractivity contribution is 0.477. The number of aromatic nitrogens is 1. The second-order valence-electron chi connectivity index (χ2n) is 4.50. The summed E-state index contributed by atoms with van der Waals surface area (Å²) in [7, 11) is -3.34. The topological polar surface area (TPSA) is 73.1 Å². The van der Waals surface area contributed by atoms with Gasteiger partial charge in [0.1, 0.15) is 0 Å². The Morgan fingerprint density at radius 3 is 2.56 bits per heavy atom. The van der Waals surface area contributed by atoms with Crippen LogP contribution in [0.4, 0.5) is 0 Å². The van der Waals surface area contributed by atoms with Gasteiger partial charge in [-0.25, -0.2) is 13.4 Å². The summed E-state index contributed by atoms with van der Waals surface area (Å²) in [4.78, 5) is 3.88. The smallest absolute Gasteiger partial charge is 0.197 e. The molecule has 0 amide bonds. The molecule has 1 aliphatic rings. The minimum atomic E-state index is -3.34. The molecule has 0 aromatic carbocycles. The summed E-state index contributed by atoms with van der Waals surface area (Å²) in [6.45, 7) is 0. The van der Waals surface area contributed by atoms with Crippen LogP contribution in [-0.2, 0) is 9.84 Å². The van der Waals surface area contributed by atoms with Gasteiger partial charge >= 0.3 is 0 Å². The lowest BCUT2D eigenvalue weighted by atomic mass is 10.0. The Balaban J connectivity index is 2.21. The van der Waals surface area contributed by atoms with Crippen LogP contribution in [0.5, 0.6) is 0 Å². The first-order valence-corrected chi connectivity index (χ1v) is 7.10. The number of sulfone groups is 1. The van der Waals surface area contributed by atoms with Crippen molar-refractivity contribution in [3.8, 4) is 0 Å². The highest BCUT2D eigenvalue weighted by Crippen LogP contribution is 2.29. The molecule has 88 valence electrons. The molecule has 0 atom stereocenters. The Hall–Kier alpha value is -0.940. The third-order valence-electron chi connectivity index (χ3n) is 3.03. The van der Waals surface area contributed by atoms with Crippen LogP contribution in [-0.4, -0.2) is 24.7 Å². The quantitative estimate of drug-likeness (QED) is 0.859. The average Bonchev–Trinajstić information content (AvgIpc) is 2.65. The zero-order valence-electron chi connectivity index (χ0n) is 9.09. The van der Waals surface area contributed by atoms with Gasteiger partial charge in [0.15, 0.2) is 14.9 Å². The Kier molecular flexibility index (Phi) is 2.99. The van der Waals surface area contributed by atoms with Crippen LogP contribution < -0.4 is 5.73 Å². The Bertz CT molecular complexity index is 450. The molecular formula is C11H16N2O2S. The monoisotopic (exact) mass is 240 g/mol. The molecule has 2 rings (SSSR count). The van der Waals surface area contributed by atoms with Crippen molar-refractivity contribution in [3.63, 3.8) is 0 Å². The van der Waals surface area contributed by atoms with E-state index in [2.05, 4.69) is 4.98 Å². The number of hydrogen-bond donors (Lipinski definition) is 1. The van der Waals surface area contributed by atoms with E-state index in [1.54, 1.807) is 12.1 Å². The van der Waals surface area contributed by atoms with Crippen molar-refractivity contribution in [2.75, 3.05) is 5.75 Å². The number of nitrogens with zero attached hydrogens (tertiary/aromatic N) is 1. The van der Waals surface area contributed by atoms with Crippen molar-refractivity contribution in [1.82, 2.24) is 4.98 Å². The van der Waals surface area contributed by atoms with E-state index in [4.69, 9.17) is 5.73 Å². The van der Waals surface area contributed by atoms with Crippen LogP contribution in [0.25, 0.3) is 0 Å². The maximum absolute atomic E-state index is 12.1. The summed E-state index contributed by atoms with van der Waals surface area (Å²) in [5, 5.41) is 0.131. The molecule has 1 aromatic heterocycles. The number of hydrogen-bond acceptors (Lipinski definition) is 4. The van der Waals surface area contributed by atoms with Crippen LogP contribution in [0.15, 0.2) is 29.4 Å². The molecule has 0 aliphatic heterocycles. The fourth-order valence-corrected chi connectivity index (χ4v) is 3.91. The van der Waals surface area contributed by atoms with E-state index in [0.717, 1.165) is 25.7 Å². The molecular weight excluding hydrogens is 224 g/mol. The number of nitrogens with two attached hydrogens (primary N) is 1. The van der Waals surface area contributed by atoms with Crippen molar-refractivity contribution in [2.24, 2.45) is 5.73 Å². The van der Waals surface area contributed by atoms with Gasteiger partial charge in [-0.1, -0.05) is 18.9 Å². The minimum absolute atomic E-state index is 0.0109. The first kappa shape index (κ1) is 11.5. The third kappa shape index (κ3) is 2.41. The highest BCUT2D eigenvalue weighted by Gasteiger charge is 2.35. The van der Waals surface area contributed by atoms with Crippen LogP contribution in [0.2, 0.25) is 0 Å². The standard InChI is InChI=1S/C11H16N2O2S/c12-11(6-2-3-7-11)9-16(14,15)10-5-1-4-8-13-10/h1,4-5,8H,2-3,6-7,9,12H2. The van der Waals surface area contributed by atoms with Gasteiger partial charge in [-0.2, -0.15) is 0 Å². The van der Waals surface area contributed by atoms with Gasteiger partial charge in [-0.05, 0) is 25.0 Å². The lowest BCUT2D eigenvalue weighted by Gasteiger charge is -2.22. The van der Waals surface area contributed by atoms with Gasteiger partial charge in [0.25, 0.3) is 0 Å². The zero-order chi connectivity index (χ0) is 11.6. The Labute approximate surface area is 95.8 Å². The summed E-state index contributed by atoms with van der Waals surface area (Å²) in [5.74, 6) is 0.0109. The molecule has 1 aliphatic carbocycles. The first-order valence-electron chi connectivity index (χ1n) is 5.45.